The van der Waals surface area contributed by atoms with Gasteiger partial charge in [0.05, 0.1) is 11.2 Å². The van der Waals surface area contributed by atoms with Crippen LogP contribution in [-0.2, 0) is 6.54 Å². The molecule has 98 valence electrons. The van der Waals surface area contributed by atoms with Crippen LogP contribution in [0.1, 0.15) is 49.5 Å². The smallest absolute Gasteiger partial charge is 0.185 e. The van der Waals surface area contributed by atoms with E-state index in [0.29, 0.717) is 16.6 Å². The number of aromatic nitrogens is 2. The second kappa shape index (κ2) is 4.69. The average molecular weight is 267 g/mol. The van der Waals surface area contributed by atoms with Crippen molar-refractivity contribution in [2.75, 3.05) is 0 Å². The molecule has 0 amide bonds. The van der Waals surface area contributed by atoms with Crippen LogP contribution in [0, 0.1) is 17.8 Å². The molecule has 0 radical (unpaired) electrons. The Kier molecular flexibility index (Phi) is 3.18. The van der Waals surface area contributed by atoms with Crippen LogP contribution in [0.25, 0.3) is 0 Å². The summed E-state index contributed by atoms with van der Waals surface area (Å²) in [5, 5.41) is 4.75. The van der Waals surface area contributed by atoms with Crippen molar-refractivity contribution in [1.82, 2.24) is 9.78 Å². The van der Waals surface area contributed by atoms with Crippen LogP contribution in [-0.4, -0.2) is 15.6 Å². The molecule has 1 heterocycles. The number of rotatable bonds is 4. The molecule has 0 spiro atoms. The Hall–Kier alpha value is -0.830. The zero-order chi connectivity index (χ0) is 12.7. The van der Waals surface area contributed by atoms with E-state index in [2.05, 4.69) is 12.0 Å². The zero-order valence-electron chi connectivity index (χ0n) is 10.7. The average Bonchev–Trinajstić information content (AvgIpc) is 3.04. The highest BCUT2D eigenvalue weighted by Crippen LogP contribution is 2.49. The van der Waals surface area contributed by atoms with E-state index >= 15 is 0 Å². The van der Waals surface area contributed by atoms with Crippen LogP contribution in [0.4, 0.5) is 0 Å². The number of nitrogens with zero attached hydrogens (tertiary/aromatic N) is 2. The van der Waals surface area contributed by atoms with Gasteiger partial charge in [-0.15, -0.1) is 0 Å². The second-order valence-electron chi connectivity index (χ2n) is 5.71. The Bertz CT molecular complexity index is 468. The van der Waals surface area contributed by atoms with Crippen molar-refractivity contribution in [2.24, 2.45) is 17.8 Å². The molecule has 0 N–H and O–H groups in total. The molecule has 1 aromatic heterocycles. The number of hydrogen-bond acceptors (Lipinski definition) is 2. The molecule has 3 nitrogen and oxygen atoms in total. The highest BCUT2D eigenvalue weighted by atomic mass is 35.5. The molecule has 2 aliphatic carbocycles. The number of Topliss-reactive ketones (excluding diaryl/α,β-unsaturated/α-hetero) is 1. The molecule has 1 aromatic rings. The summed E-state index contributed by atoms with van der Waals surface area (Å²) in [6.45, 7) is 2.86. The van der Waals surface area contributed by atoms with Crippen LogP contribution in [0.15, 0.2) is 6.20 Å². The predicted octanol–water partition coefficient (Wildman–Crippen LogP) is 3.57. The number of hydrogen-bond donors (Lipinski definition) is 0. The molecule has 2 saturated carbocycles. The predicted molar refractivity (Wildman–Crippen MR) is 70.8 cm³/mol. The number of halogens is 1. The lowest BCUT2D eigenvalue weighted by molar-refractivity contribution is 0.0863. The minimum absolute atomic E-state index is 0.202. The Morgan fingerprint density at radius 1 is 1.50 bits per heavy atom. The maximum Gasteiger partial charge on any atom is 0.185 e. The minimum atomic E-state index is 0.202. The van der Waals surface area contributed by atoms with Gasteiger partial charge in [-0.1, -0.05) is 24.9 Å². The van der Waals surface area contributed by atoms with Gasteiger partial charge in [0.2, 0.25) is 0 Å². The van der Waals surface area contributed by atoms with Crippen molar-refractivity contribution in [1.29, 1.82) is 0 Å². The molecule has 0 aliphatic heterocycles. The van der Waals surface area contributed by atoms with Crippen molar-refractivity contribution < 1.29 is 4.79 Å². The van der Waals surface area contributed by atoms with Gasteiger partial charge in [-0.25, -0.2) is 0 Å². The van der Waals surface area contributed by atoms with Gasteiger partial charge in [0, 0.05) is 12.5 Å². The zero-order valence-corrected chi connectivity index (χ0v) is 11.5. The minimum Gasteiger partial charge on any atom is -0.292 e. The summed E-state index contributed by atoms with van der Waals surface area (Å²) in [5.41, 5.74) is 0.649. The SMILES string of the molecule is CCCn1ncc(Cl)c1C(=O)C1CC2CCC1C2. The highest BCUT2D eigenvalue weighted by molar-refractivity contribution is 6.33. The van der Waals surface area contributed by atoms with Crippen LogP contribution < -0.4 is 0 Å². The van der Waals surface area contributed by atoms with E-state index in [1.807, 2.05) is 0 Å². The Morgan fingerprint density at radius 2 is 2.33 bits per heavy atom. The number of aryl methyl sites for hydroxylation is 1. The van der Waals surface area contributed by atoms with Gasteiger partial charge in [0.1, 0.15) is 5.69 Å². The molecule has 0 aromatic carbocycles. The van der Waals surface area contributed by atoms with Gasteiger partial charge in [-0.3, -0.25) is 9.48 Å². The summed E-state index contributed by atoms with van der Waals surface area (Å²) in [4.78, 5) is 12.7. The first-order chi connectivity index (χ1) is 8.70. The normalized spacial score (nSPS) is 30.0. The molecular weight excluding hydrogens is 248 g/mol. The van der Waals surface area contributed by atoms with Gasteiger partial charge in [0.25, 0.3) is 0 Å². The monoisotopic (exact) mass is 266 g/mol. The van der Waals surface area contributed by atoms with Gasteiger partial charge < -0.3 is 0 Å². The van der Waals surface area contributed by atoms with E-state index in [1.165, 1.54) is 19.3 Å². The molecule has 4 heteroatoms. The van der Waals surface area contributed by atoms with E-state index < -0.39 is 0 Å². The second-order valence-corrected chi connectivity index (χ2v) is 6.12. The van der Waals surface area contributed by atoms with Gasteiger partial charge in [0.15, 0.2) is 5.78 Å². The number of carbonyl (C=O) groups is 1. The lowest BCUT2D eigenvalue weighted by atomic mass is 9.84. The first-order valence-electron chi connectivity index (χ1n) is 6.96. The number of ketones is 1. The van der Waals surface area contributed by atoms with Crippen molar-refractivity contribution in [3.8, 4) is 0 Å². The topological polar surface area (TPSA) is 34.9 Å². The quantitative estimate of drug-likeness (QED) is 0.781. The summed E-state index contributed by atoms with van der Waals surface area (Å²) in [7, 11) is 0. The number of carbonyl (C=O) groups excluding carboxylic acids is 1. The molecule has 3 rings (SSSR count). The fourth-order valence-electron chi connectivity index (χ4n) is 3.73. The lowest BCUT2D eigenvalue weighted by Crippen LogP contribution is -2.24. The van der Waals surface area contributed by atoms with Crippen LogP contribution in [0.3, 0.4) is 0 Å². The molecule has 2 bridgehead atoms. The Labute approximate surface area is 113 Å². The first-order valence-corrected chi connectivity index (χ1v) is 7.34. The van der Waals surface area contributed by atoms with Crippen LogP contribution in [0.5, 0.6) is 0 Å². The highest BCUT2D eigenvalue weighted by Gasteiger charge is 2.44. The third-order valence-corrected chi connectivity index (χ3v) is 4.82. The van der Waals surface area contributed by atoms with Crippen molar-refractivity contribution in [3.63, 3.8) is 0 Å². The molecule has 0 saturated heterocycles. The summed E-state index contributed by atoms with van der Waals surface area (Å²) in [6, 6.07) is 0. The Balaban J connectivity index is 1.86. The summed E-state index contributed by atoms with van der Waals surface area (Å²) in [6.07, 6.45) is 7.43. The van der Waals surface area contributed by atoms with E-state index in [4.69, 9.17) is 11.6 Å². The standard InChI is InChI=1S/C14H19ClN2O/c1-2-5-17-13(12(15)8-16-17)14(18)11-7-9-3-4-10(11)6-9/h8-11H,2-7H2,1H3. The molecule has 18 heavy (non-hydrogen) atoms. The van der Waals surface area contributed by atoms with Gasteiger partial charge in [-0.2, -0.15) is 5.10 Å². The van der Waals surface area contributed by atoms with E-state index in [0.717, 1.165) is 25.3 Å². The largest absolute Gasteiger partial charge is 0.292 e. The molecular formula is C14H19ClN2O. The van der Waals surface area contributed by atoms with E-state index in [1.54, 1.807) is 10.9 Å². The third-order valence-electron chi connectivity index (χ3n) is 4.54. The fourth-order valence-corrected chi connectivity index (χ4v) is 3.96. The first kappa shape index (κ1) is 12.2. The van der Waals surface area contributed by atoms with Gasteiger partial charge in [-0.05, 0) is 37.5 Å². The lowest BCUT2D eigenvalue weighted by Gasteiger charge is -2.20. The van der Waals surface area contributed by atoms with Crippen LogP contribution in [0.2, 0.25) is 5.02 Å². The van der Waals surface area contributed by atoms with Crippen molar-refractivity contribution in [3.05, 3.63) is 16.9 Å². The summed E-state index contributed by atoms with van der Waals surface area (Å²) in [5.74, 6) is 1.82. The molecule has 2 aliphatic rings. The Morgan fingerprint density at radius 3 is 2.94 bits per heavy atom. The van der Waals surface area contributed by atoms with E-state index in [-0.39, 0.29) is 11.7 Å². The molecule has 2 fully saturated rings. The third kappa shape index (κ3) is 1.89. The summed E-state index contributed by atoms with van der Waals surface area (Å²) >= 11 is 6.15. The molecule has 3 atom stereocenters. The summed E-state index contributed by atoms with van der Waals surface area (Å²) < 4.78 is 1.79. The maximum absolute atomic E-state index is 12.7. The maximum atomic E-state index is 12.7. The van der Waals surface area contributed by atoms with Crippen molar-refractivity contribution in [2.45, 2.75) is 45.6 Å². The number of fused-ring (bicyclic) bond motifs is 2. The fraction of sp³-hybridized carbons (Fsp3) is 0.714. The van der Waals surface area contributed by atoms with Crippen LogP contribution >= 0.6 is 11.6 Å². The molecule has 3 unspecified atom stereocenters. The van der Waals surface area contributed by atoms with Gasteiger partial charge >= 0.3 is 0 Å². The van der Waals surface area contributed by atoms with Crippen molar-refractivity contribution >= 4 is 17.4 Å². The van der Waals surface area contributed by atoms with E-state index in [9.17, 15) is 4.79 Å².